The van der Waals surface area contributed by atoms with Crippen LogP contribution in [0.2, 0.25) is 0 Å². The summed E-state index contributed by atoms with van der Waals surface area (Å²) in [6, 6.07) is 5.78. The second-order valence-corrected chi connectivity index (χ2v) is 11.0. The number of pyridine rings is 1. The zero-order valence-electron chi connectivity index (χ0n) is 23.4. The van der Waals surface area contributed by atoms with Gasteiger partial charge in [0.15, 0.2) is 11.5 Å². The lowest BCUT2D eigenvalue weighted by atomic mass is 9.79. The van der Waals surface area contributed by atoms with Crippen molar-refractivity contribution >= 4 is 11.9 Å². The molecule has 2 aromatic rings. The molecule has 0 spiro atoms. The van der Waals surface area contributed by atoms with E-state index in [1.165, 1.54) is 29.6 Å². The summed E-state index contributed by atoms with van der Waals surface area (Å²) in [5.74, 6) is 1.26. The molecule has 206 valence electrons. The van der Waals surface area contributed by atoms with Gasteiger partial charge in [0.1, 0.15) is 6.10 Å². The molecular formula is C30H40N2O6. The molecule has 1 fully saturated rings. The van der Waals surface area contributed by atoms with Crippen LogP contribution in [0, 0.1) is 11.8 Å². The molecule has 0 unspecified atom stereocenters. The first-order valence-electron chi connectivity index (χ1n) is 13.6. The molecule has 3 heterocycles. The number of hydrogen-bond acceptors (Lipinski definition) is 8. The summed E-state index contributed by atoms with van der Waals surface area (Å²) in [5, 5.41) is 0. The first-order chi connectivity index (χ1) is 18.2. The van der Waals surface area contributed by atoms with E-state index in [1.54, 1.807) is 28.1 Å². The number of fused-ring (bicyclic) bond motifs is 3. The van der Waals surface area contributed by atoms with Crippen LogP contribution in [0.3, 0.4) is 0 Å². The van der Waals surface area contributed by atoms with Crippen LogP contribution in [0.5, 0.6) is 11.5 Å². The molecule has 0 N–H and O–H groups in total. The highest BCUT2D eigenvalue weighted by molar-refractivity contribution is 5.94. The zero-order valence-corrected chi connectivity index (χ0v) is 23.4. The third kappa shape index (κ3) is 6.29. The van der Waals surface area contributed by atoms with Crippen molar-refractivity contribution in [2.75, 3.05) is 27.3 Å². The minimum absolute atomic E-state index is 0.122. The van der Waals surface area contributed by atoms with E-state index in [4.69, 9.17) is 18.9 Å². The Morgan fingerprint density at radius 2 is 1.68 bits per heavy atom. The third-order valence-corrected chi connectivity index (χ3v) is 7.49. The fourth-order valence-electron chi connectivity index (χ4n) is 5.53. The van der Waals surface area contributed by atoms with Crippen molar-refractivity contribution in [1.29, 1.82) is 0 Å². The van der Waals surface area contributed by atoms with Crippen molar-refractivity contribution in [3.8, 4) is 11.5 Å². The van der Waals surface area contributed by atoms with Crippen LogP contribution in [0.4, 0.5) is 0 Å². The largest absolute Gasteiger partial charge is 0.493 e. The molecule has 0 bridgehead atoms. The third-order valence-electron chi connectivity index (χ3n) is 7.49. The number of aromatic nitrogens is 1. The van der Waals surface area contributed by atoms with Crippen LogP contribution in [0.1, 0.15) is 84.8 Å². The standard InChI is InChI=1S/C30H40N2O6/c1-18(2)7-8-21-17-32-10-9-20-12-27(35-5)28(36-6)13-24(20)25(32)14-26(21)38-30(34)23-11-22(15-31-16-23)29(33)37-19(3)4/h11-13,15-16,18-19,21,25-26H,7-10,14,17H2,1-6H3/t21-,25-,26-/m1/s1. The van der Waals surface area contributed by atoms with E-state index < -0.39 is 11.9 Å². The summed E-state index contributed by atoms with van der Waals surface area (Å²) in [4.78, 5) is 32.3. The number of methoxy groups -OCH3 is 2. The van der Waals surface area contributed by atoms with Gasteiger partial charge >= 0.3 is 11.9 Å². The van der Waals surface area contributed by atoms with Crippen LogP contribution in [-0.4, -0.2) is 61.3 Å². The van der Waals surface area contributed by atoms with Crippen LogP contribution >= 0.6 is 0 Å². The van der Waals surface area contributed by atoms with Crippen LogP contribution in [0.25, 0.3) is 0 Å². The highest BCUT2D eigenvalue weighted by Gasteiger charge is 2.41. The quantitative estimate of drug-likeness (QED) is 0.412. The molecule has 0 aliphatic carbocycles. The van der Waals surface area contributed by atoms with Crippen molar-refractivity contribution in [2.45, 2.75) is 71.6 Å². The van der Waals surface area contributed by atoms with E-state index in [0.29, 0.717) is 18.1 Å². The Labute approximate surface area is 225 Å². The predicted octanol–water partition coefficient (Wildman–Crippen LogP) is 5.24. The van der Waals surface area contributed by atoms with Gasteiger partial charge in [0.05, 0.1) is 31.5 Å². The topological polar surface area (TPSA) is 87.2 Å². The van der Waals surface area contributed by atoms with Crippen molar-refractivity contribution < 1.29 is 28.5 Å². The first kappa shape index (κ1) is 27.9. The molecule has 0 radical (unpaired) electrons. The lowest BCUT2D eigenvalue weighted by Crippen LogP contribution is -2.49. The molecule has 3 atom stereocenters. The van der Waals surface area contributed by atoms with Crippen molar-refractivity contribution in [3.05, 3.63) is 52.8 Å². The van der Waals surface area contributed by atoms with Crippen molar-refractivity contribution in [2.24, 2.45) is 11.8 Å². The zero-order chi connectivity index (χ0) is 27.4. The fourth-order valence-corrected chi connectivity index (χ4v) is 5.53. The SMILES string of the molecule is COc1cc2c(cc1OC)[C@H]1C[C@@H](OC(=O)c3cncc(C(=O)OC(C)C)c3)[C@H](CCC(C)C)CN1CC2. The maximum atomic E-state index is 13.3. The maximum absolute atomic E-state index is 13.3. The van der Waals surface area contributed by atoms with Crippen LogP contribution in [-0.2, 0) is 15.9 Å². The first-order valence-corrected chi connectivity index (χ1v) is 13.6. The van der Waals surface area contributed by atoms with Gasteiger partial charge in [-0.3, -0.25) is 9.88 Å². The monoisotopic (exact) mass is 524 g/mol. The lowest BCUT2D eigenvalue weighted by molar-refractivity contribution is -0.0398. The van der Waals surface area contributed by atoms with Gasteiger partial charge in [-0.2, -0.15) is 0 Å². The van der Waals surface area contributed by atoms with Gasteiger partial charge in [-0.15, -0.1) is 0 Å². The Kier molecular flexibility index (Phi) is 8.92. The molecule has 0 amide bonds. The van der Waals surface area contributed by atoms with Gasteiger partial charge in [0.2, 0.25) is 0 Å². The summed E-state index contributed by atoms with van der Waals surface area (Å²) < 4.78 is 22.6. The van der Waals surface area contributed by atoms with E-state index in [-0.39, 0.29) is 35.3 Å². The number of piperidine rings is 1. The Morgan fingerprint density at radius 3 is 2.34 bits per heavy atom. The maximum Gasteiger partial charge on any atom is 0.340 e. The molecule has 8 heteroatoms. The lowest BCUT2D eigenvalue weighted by Gasteiger charge is -2.47. The number of ether oxygens (including phenoxy) is 4. The summed E-state index contributed by atoms with van der Waals surface area (Å²) in [5.41, 5.74) is 2.94. The highest BCUT2D eigenvalue weighted by Crippen LogP contribution is 2.44. The summed E-state index contributed by atoms with van der Waals surface area (Å²) >= 11 is 0. The van der Waals surface area contributed by atoms with Crippen molar-refractivity contribution in [1.82, 2.24) is 9.88 Å². The van der Waals surface area contributed by atoms with Gasteiger partial charge < -0.3 is 18.9 Å². The molecule has 8 nitrogen and oxygen atoms in total. The van der Waals surface area contributed by atoms with E-state index >= 15 is 0 Å². The number of carbonyl (C=O) groups excluding carboxylic acids is 2. The van der Waals surface area contributed by atoms with E-state index in [1.807, 2.05) is 0 Å². The molecule has 1 aromatic heterocycles. The molecular weight excluding hydrogens is 484 g/mol. The van der Waals surface area contributed by atoms with Gasteiger partial charge in [0, 0.05) is 43.9 Å². The van der Waals surface area contributed by atoms with Gasteiger partial charge in [0.25, 0.3) is 0 Å². The van der Waals surface area contributed by atoms with E-state index in [9.17, 15) is 9.59 Å². The fraction of sp³-hybridized carbons (Fsp3) is 0.567. The predicted molar refractivity (Wildman–Crippen MR) is 144 cm³/mol. The molecule has 38 heavy (non-hydrogen) atoms. The van der Waals surface area contributed by atoms with Gasteiger partial charge in [-0.1, -0.05) is 20.3 Å². The normalized spacial score (nSPS) is 21.0. The highest BCUT2D eigenvalue weighted by atomic mass is 16.5. The number of benzene rings is 1. The molecule has 2 aliphatic heterocycles. The Bertz CT molecular complexity index is 1150. The summed E-state index contributed by atoms with van der Waals surface area (Å²) in [6.45, 7) is 9.82. The van der Waals surface area contributed by atoms with Gasteiger partial charge in [-0.25, -0.2) is 9.59 Å². The number of rotatable bonds is 9. The summed E-state index contributed by atoms with van der Waals surface area (Å²) in [6.07, 6.45) is 6.02. The molecule has 0 saturated carbocycles. The van der Waals surface area contributed by atoms with Crippen LogP contribution < -0.4 is 9.47 Å². The van der Waals surface area contributed by atoms with Crippen LogP contribution in [0.15, 0.2) is 30.6 Å². The molecule has 4 rings (SSSR count). The molecule has 2 aliphatic rings. The minimum atomic E-state index is -0.506. The number of hydrogen-bond donors (Lipinski definition) is 0. The molecule has 1 saturated heterocycles. The Hall–Kier alpha value is -3.13. The number of nitrogens with zero attached hydrogens (tertiary/aromatic N) is 2. The Morgan fingerprint density at radius 1 is 1.00 bits per heavy atom. The second kappa shape index (κ2) is 12.2. The average Bonchev–Trinajstić information content (AvgIpc) is 2.90. The van der Waals surface area contributed by atoms with Gasteiger partial charge in [-0.05, 0) is 61.9 Å². The van der Waals surface area contributed by atoms with Crippen molar-refractivity contribution in [3.63, 3.8) is 0 Å². The second-order valence-electron chi connectivity index (χ2n) is 11.0. The van der Waals surface area contributed by atoms with E-state index in [0.717, 1.165) is 38.1 Å². The number of esters is 2. The van der Waals surface area contributed by atoms with E-state index in [2.05, 4.69) is 35.9 Å². The Balaban J connectivity index is 1.58. The molecule has 1 aromatic carbocycles. The average molecular weight is 525 g/mol. The minimum Gasteiger partial charge on any atom is -0.493 e. The number of carbonyl (C=O) groups is 2. The summed E-state index contributed by atoms with van der Waals surface area (Å²) in [7, 11) is 3.30. The smallest absolute Gasteiger partial charge is 0.340 e.